The standard InChI is InChI=1S/C12H13BrClNO/c1-8(2)6-7-15-12(16)9-4-3-5-10(13)11(9)14/h3-6H,7H2,1-2H3,(H,15,16). The maximum absolute atomic E-state index is 11.8. The Morgan fingerprint density at radius 2 is 2.19 bits per heavy atom. The van der Waals surface area contributed by atoms with E-state index in [1.54, 1.807) is 18.2 Å². The van der Waals surface area contributed by atoms with E-state index in [0.29, 0.717) is 17.1 Å². The van der Waals surface area contributed by atoms with Crippen molar-refractivity contribution in [3.05, 3.63) is 44.9 Å². The van der Waals surface area contributed by atoms with E-state index in [1.165, 1.54) is 5.57 Å². The molecule has 0 heterocycles. The zero-order valence-corrected chi connectivity index (χ0v) is 11.5. The average Bonchev–Trinajstić information content (AvgIpc) is 2.21. The van der Waals surface area contributed by atoms with Gasteiger partial charge in [0.25, 0.3) is 5.91 Å². The van der Waals surface area contributed by atoms with Crippen molar-refractivity contribution in [1.29, 1.82) is 0 Å². The van der Waals surface area contributed by atoms with Gasteiger partial charge in [-0.1, -0.05) is 29.3 Å². The molecule has 0 unspecified atom stereocenters. The van der Waals surface area contributed by atoms with Crippen LogP contribution in [-0.4, -0.2) is 12.5 Å². The molecule has 0 radical (unpaired) electrons. The molecule has 0 saturated heterocycles. The number of carbonyl (C=O) groups excluding carboxylic acids is 1. The first-order valence-corrected chi connectivity index (χ1v) is 6.05. The lowest BCUT2D eigenvalue weighted by Crippen LogP contribution is -2.23. The van der Waals surface area contributed by atoms with Gasteiger partial charge in [-0.2, -0.15) is 0 Å². The third kappa shape index (κ3) is 3.65. The molecule has 1 aromatic carbocycles. The highest BCUT2D eigenvalue weighted by molar-refractivity contribution is 9.10. The number of halogens is 2. The molecule has 0 saturated carbocycles. The number of carbonyl (C=O) groups is 1. The van der Waals surface area contributed by atoms with Crippen molar-refractivity contribution < 1.29 is 4.79 Å². The lowest BCUT2D eigenvalue weighted by molar-refractivity contribution is 0.0958. The summed E-state index contributed by atoms with van der Waals surface area (Å²) in [6.07, 6.45) is 1.95. The molecule has 1 rings (SSSR count). The molecule has 0 aliphatic rings. The van der Waals surface area contributed by atoms with E-state index in [0.717, 1.165) is 4.47 Å². The first-order chi connectivity index (χ1) is 7.52. The number of allylic oxidation sites excluding steroid dienone is 1. The second-order valence-corrected chi connectivity index (χ2v) is 4.83. The number of benzene rings is 1. The SMILES string of the molecule is CC(C)=CCNC(=O)c1cccc(Br)c1Cl. The van der Waals surface area contributed by atoms with E-state index in [1.807, 2.05) is 19.9 Å². The van der Waals surface area contributed by atoms with E-state index in [-0.39, 0.29) is 5.91 Å². The Morgan fingerprint density at radius 1 is 1.50 bits per heavy atom. The molecule has 1 amide bonds. The Hall–Kier alpha value is -0.800. The Balaban J connectivity index is 2.74. The van der Waals surface area contributed by atoms with E-state index in [2.05, 4.69) is 21.2 Å². The Morgan fingerprint density at radius 3 is 2.81 bits per heavy atom. The van der Waals surface area contributed by atoms with Gasteiger partial charge in [-0.25, -0.2) is 0 Å². The van der Waals surface area contributed by atoms with E-state index < -0.39 is 0 Å². The molecular formula is C12H13BrClNO. The Labute approximate surface area is 109 Å². The van der Waals surface area contributed by atoms with E-state index >= 15 is 0 Å². The van der Waals surface area contributed by atoms with E-state index in [4.69, 9.17) is 11.6 Å². The normalized spacial score (nSPS) is 9.75. The van der Waals surface area contributed by atoms with E-state index in [9.17, 15) is 4.79 Å². The molecule has 0 aliphatic heterocycles. The molecule has 86 valence electrons. The van der Waals surface area contributed by atoms with Crippen molar-refractivity contribution in [2.75, 3.05) is 6.54 Å². The predicted octanol–water partition coefficient (Wildman–Crippen LogP) is 3.80. The van der Waals surface area contributed by atoms with Crippen LogP contribution < -0.4 is 5.32 Å². The van der Waals surface area contributed by atoms with Gasteiger partial charge in [0.15, 0.2) is 0 Å². The molecule has 1 N–H and O–H groups in total. The van der Waals surface area contributed by atoms with Crippen LogP contribution in [0.1, 0.15) is 24.2 Å². The van der Waals surface area contributed by atoms with Gasteiger partial charge in [0.05, 0.1) is 10.6 Å². The van der Waals surface area contributed by atoms with Gasteiger partial charge in [0, 0.05) is 11.0 Å². The first-order valence-electron chi connectivity index (χ1n) is 4.88. The predicted molar refractivity (Wildman–Crippen MR) is 70.9 cm³/mol. The lowest BCUT2D eigenvalue weighted by atomic mass is 10.2. The zero-order chi connectivity index (χ0) is 12.1. The van der Waals surface area contributed by atoms with Gasteiger partial charge in [-0.05, 0) is 41.9 Å². The highest BCUT2D eigenvalue weighted by atomic mass is 79.9. The van der Waals surface area contributed by atoms with Crippen LogP contribution in [0.15, 0.2) is 34.3 Å². The number of hydrogen-bond acceptors (Lipinski definition) is 1. The van der Waals surface area contributed by atoms with Crippen molar-refractivity contribution in [2.24, 2.45) is 0 Å². The highest BCUT2D eigenvalue weighted by Crippen LogP contribution is 2.25. The lowest BCUT2D eigenvalue weighted by Gasteiger charge is -2.05. The maximum atomic E-state index is 11.8. The van der Waals surface area contributed by atoms with Gasteiger partial charge >= 0.3 is 0 Å². The summed E-state index contributed by atoms with van der Waals surface area (Å²) in [6, 6.07) is 5.28. The minimum Gasteiger partial charge on any atom is -0.349 e. The summed E-state index contributed by atoms with van der Waals surface area (Å²) >= 11 is 9.29. The second-order valence-electron chi connectivity index (χ2n) is 3.59. The molecule has 0 bridgehead atoms. The summed E-state index contributed by atoms with van der Waals surface area (Å²) in [6.45, 7) is 4.49. The summed E-state index contributed by atoms with van der Waals surface area (Å²) in [5.74, 6) is -0.163. The molecule has 0 fully saturated rings. The number of amides is 1. The van der Waals surface area contributed by atoms with Crippen molar-refractivity contribution >= 4 is 33.4 Å². The summed E-state index contributed by atoms with van der Waals surface area (Å²) in [5.41, 5.74) is 1.65. The molecule has 16 heavy (non-hydrogen) atoms. The smallest absolute Gasteiger partial charge is 0.253 e. The molecule has 0 aromatic heterocycles. The fraction of sp³-hybridized carbons (Fsp3) is 0.250. The van der Waals surface area contributed by atoms with Crippen LogP contribution in [-0.2, 0) is 0 Å². The number of nitrogens with one attached hydrogen (secondary N) is 1. The summed E-state index contributed by atoms with van der Waals surface area (Å²) in [4.78, 5) is 11.8. The zero-order valence-electron chi connectivity index (χ0n) is 9.18. The molecular weight excluding hydrogens is 289 g/mol. The Kier molecular flexibility index (Phi) is 5.03. The third-order valence-electron chi connectivity index (χ3n) is 1.97. The summed E-state index contributed by atoms with van der Waals surface area (Å²) in [7, 11) is 0. The summed E-state index contributed by atoms with van der Waals surface area (Å²) < 4.78 is 0.726. The van der Waals surface area contributed by atoms with Crippen molar-refractivity contribution in [3.8, 4) is 0 Å². The minimum absolute atomic E-state index is 0.163. The van der Waals surface area contributed by atoms with Crippen LogP contribution in [0.3, 0.4) is 0 Å². The molecule has 4 heteroatoms. The highest BCUT2D eigenvalue weighted by Gasteiger charge is 2.10. The maximum Gasteiger partial charge on any atom is 0.253 e. The third-order valence-corrected chi connectivity index (χ3v) is 3.27. The van der Waals surface area contributed by atoms with Gasteiger partial charge in [0.2, 0.25) is 0 Å². The van der Waals surface area contributed by atoms with Crippen LogP contribution in [0.25, 0.3) is 0 Å². The van der Waals surface area contributed by atoms with Crippen molar-refractivity contribution in [1.82, 2.24) is 5.32 Å². The van der Waals surface area contributed by atoms with Gasteiger partial charge in [-0.15, -0.1) is 0 Å². The van der Waals surface area contributed by atoms with Crippen LogP contribution >= 0.6 is 27.5 Å². The summed E-state index contributed by atoms with van der Waals surface area (Å²) in [5, 5.41) is 3.22. The average molecular weight is 303 g/mol. The first kappa shape index (κ1) is 13.3. The fourth-order valence-corrected chi connectivity index (χ4v) is 1.70. The van der Waals surface area contributed by atoms with Crippen LogP contribution in [0.5, 0.6) is 0 Å². The van der Waals surface area contributed by atoms with Crippen molar-refractivity contribution in [3.63, 3.8) is 0 Å². The molecule has 1 aromatic rings. The quantitative estimate of drug-likeness (QED) is 0.846. The molecule has 0 aliphatic carbocycles. The largest absolute Gasteiger partial charge is 0.349 e. The number of hydrogen-bond donors (Lipinski definition) is 1. The molecule has 0 spiro atoms. The van der Waals surface area contributed by atoms with Gasteiger partial charge in [-0.3, -0.25) is 4.79 Å². The fourth-order valence-electron chi connectivity index (χ4n) is 1.12. The molecule has 0 atom stereocenters. The Bertz CT molecular complexity index is 425. The minimum atomic E-state index is -0.163. The monoisotopic (exact) mass is 301 g/mol. The molecule has 2 nitrogen and oxygen atoms in total. The van der Waals surface area contributed by atoms with Crippen molar-refractivity contribution in [2.45, 2.75) is 13.8 Å². The van der Waals surface area contributed by atoms with Gasteiger partial charge in [0.1, 0.15) is 0 Å². The van der Waals surface area contributed by atoms with Crippen LogP contribution in [0.4, 0.5) is 0 Å². The van der Waals surface area contributed by atoms with Gasteiger partial charge < -0.3 is 5.32 Å². The second kappa shape index (κ2) is 6.06. The van der Waals surface area contributed by atoms with Crippen LogP contribution in [0.2, 0.25) is 5.02 Å². The number of rotatable bonds is 3. The topological polar surface area (TPSA) is 29.1 Å². The van der Waals surface area contributed by atoms with Crippen LogP contribution in [0, 0.1) is 0 Å².